The standard InChI is InChI=1S/C25H29N5O2/c1-18(2)11-24(31)30-15-22-10-5-3-7-19(22)12-23(30)25(32)27-13-20-8-4-6-9-21(20)14-29-17-26-16-28-29/h3-10,16-18,23H,11-15H2,1-2H3,(H,27,32). The van der Waals surface area contributed by atoms with E-state index in [9.17, 15) is 9.59 Å². The van der Waals surface area contributed by atoms with Gasteiger partial charge in [-0.3, -0.25) is 9.59 Å². The Morgan fingerprint density at radius 2 is 1.78 bits per heavy atom. The predicted molar refractivity (Wildman–Crippen MR) is 121 cm³/mol. The Morgan fingerprint density at radius 3 is 2.50 bits per heavy atom. The van der Waals surface area contributed by atoms with Crippen LogP contribution in [-0.4, -0.2) is 37.5 Å². The molecular weight excluding hydrogens is 402 g/mol. The van der Waals surface area contributed by atoms with Crippen molar-refractivity contribution in [1.82, 2.24) is 25.0 Å². The molecule has 166 valence electrons. The average Bonchev–Trinajstić information content (AvgIpc) is 3.30. The smallest absolute Gasteiger partial charge is 0.243 e. The van der Waals surface area contributed by atoms with Crippen molar-refractivity contribution < 1.29 is 9.59 Å². The van der Waals surface area contributed by atoms with Crippen LogP contribution in [-0.2, 0) is 35.6 Å². The molecule has 1 N–H and O–H groups in total. The summed E-state index contributed by atoms with van der Waals surface area (Å²) in [6.07, 6.45) is 4.15. The fourth-order valence-corrected chi connectivity index (χ4v) is 4.16. The number of fused-ring (bicyclic) bond motifs is 1. The summed E-state index contributed by atoms with van der Waals surface area (Å²) < 4.78 is 1.75. The summed E-state index contributed by atoms with van der Waals surface area (Å²) in [7, 11) is 0. The molecule has 3 aromatic rings. The third kappa shape index (κ3) is 5.04. The van der Waals surface area contributed by atoms with E-state index >= 15 is 0 Å². The van der Waals surface area contributed by atoms with Gasteiger partial charge in [-0.15, -0.1) is 0 Å². The maximum Gasteiger partial charge on any atom is 0.243 e. The lowest BCUT2D eigenvalue weighted by molar-refractivity contribution is -0.142. The zero-order valence-corrected chi connectivity index (χ0v) is 18.6. The molecule has 2 aromatic carbocycles. The first-order valence-corrected chi connectivity index (χ1v) is 11.0. The summed E-state index contributed by atoms with van der Waals surface area (Å²) >= 11 is 0. The van der Waals surface area contributed by atoms with Gasteiger partial charge in [0.2, 0.25) is 11.8 Å². The van der Waals surface area contributed by atoms with Crippen molar-refractivity contribution in [2.24, 2.45) is 5.92 Å². The third-order valence-electron chi connectivity index (χ3n) is 5.82. The van der Waals surface area contributed by atoms with Crippen molar-refractivity contribution in [3.63, 3.8) is 0 Å². The predicted octanol–water partition coefficient (Wildman–Crippen LogP) is 2.94. The molecule has 7 nitrogen and oxygen atoms in total. The minimum Gasteiger partial charge on any atom is -0.350 e. The quantitative estimate of drug-likeness (QED) is 0.624. The number of rotatable bonds is 7. The molecule has 2 amide bonds. The van der Waals surface area contributed by atoms with Gasteiger partial charge >= 0.3 is 0 Å². The molecule has 1 aliphatic rings. The van der Waals surface area contributed by atoms with Crippen LogP contribution in [0.4, 0.5) is 0 Å². The van der Waals surface area contributed by atoms with Crippen LogP contribution >= 0.6 is 0 Å². The number of aromatic nitrogens is 3. The fourth-order valence-electron chi connectivity index (χ4n) is 4.16. The minimum atomic E-state index is -0.501. The van der Waals surface area contributed by atoms with Crippen molar-refractivity contribution in [2.45, 2.75) is 52.4 Å². The van der Waals surface area contributed by atoms with Crippen LogP contribution < -0.4 is 5.32 Å². The molecule has 0 bridgehead atoms. The first kappa shape index (κ1) is 21.7. The number of hydrogen-bond acceptors (Lipinski definition) is 4. The van der Waals surface area contributed by atoms with E-state index in [-0.39, 0.29) is 17.7 Å². The van der Waals surface area contributed by atoms with Gasteiger partial charge in [0.25, 0.3) is 0 Å². The second-order valence-corrected chi connectivity index (χ2v) is 8.69. The zero-order chi connectivity index (χ0) is 22.5. The van der Waals surface area contributed by atoms with Gasteiger partial charge < -0.3 is 10.2 Å². The first-order chi connectivity index (χ1) is 15.5. The number of nitrogens with one attached hydrogen (secondary N) is 1. The molecule has 4 rings (SSSR count). The summed E-state index contributed by atoms with van der Waals surface area (Å²) in [6.45, 7) is 5.51. The van der Waals surface area contributed by atoms with Gasteiger partial charge in [0.15, 0.2) is 0 Å². The molecule has 1 aromatic heterocycles. The Balaban J connectivity index is 1.49. The number of hydrogen-bond donors (Lipinski definition) is 1. The topological polar surface area (TPSA) is 80.1 Å². The van der Waals surface area contributed by atoms with E-state index in [0.717, 1.165) is 22.3 Å². The minimum absolute atomic E-state index is 0.0289. The molecule has 1 aliphatic heterocycles. The highest BCUT2D eigenvalue weighted by Crippen LogP contribution is 2.25. The number of benzene rings is 2. The number of amides is 2. The Kier molecular flexibility index (Phi) is 6.63. The lowest BCUT2D eigenvalue weighted by atomic mass is 9.92. The van der Waals surface area contributed by atoms with Crippen LogP contribution in [0.25, 0.3) is 0 Å². The lowest BCUT2D eigenvalue weighted by Crippen LogP contribution is -2.52. The van der Waals surface area contributed by atoms with E-state index in [0.29, 0.717) is 32.5 Å². The molecule has 0 fully saturated rings. The Labute approximate surface area is 188 Å². The largest absolute Gasteiger partial charge is 0.350 e. The highest BCUT2D eigenvalue weighted by molar-refractivity contribution is 5.88. The molecule has 2 heterocycles. The number of nitrogens with zero attached hydrogens (tertiary/aromatic N) is 4. The molecule has 0 aliphatic carbocycles. The SMILES string of the molecule is CC(C)CC(=O)N1Cc2ccccc2CC1C(=O)NCc1ccccc1Cn1cncn1. The van der Waals surface area contributed by atoms with Gasteiger partial charge in [-0.2, -0.15) is 5.10 Å². The highest BCUT2D eigenvalue weighted by atomic mass is 16.2. The zero-order valence-electron chi connectivity index (χ0n) is 18.6. The van der Waals surface area contributed by atoms with Crippen molar-refractivity contribution in [2.75, 3.05) is 0 Å². The first-order valence-electron chi connectivity index (χ1n) is 11.0. The van der Waals surface area contributed by atoms with E-state index in [1.165, 1.54) is 6.33 Å². The van der Waals surface area contributed by atoms with Gasteiger partial charge in [0, 0.05) is 25.9 Å². The summed E-state index contributed by atoms with van der Waals surface area (Å²) in [5.41, 5.74) is 4.34. The molecule has 0 saturated carbocycles. The van der Waals surface area contributed by atoms with Crippen molar-refractivity contribution in [3.8, 4) is 0 Å². The molecule has 0 saturated heterocycles. The van der Waals surface area contributed by atoms with Gasteiger partial charge in [0.05, 0.1) is 6.54 Å². The maximum atomic E-state index is 13.3. The second kappa shape index (κ2) is 9.77. The maximum absolute atomic E-state index is 13.3. The molecule has 32 heavy (non-hydrogen) atoms. The highest BCUT2D eigenvalue weighted by Gasteiger charge is 2.34. The monoisotopic (exact) mass is 431 g/mol. The summed E-state index contributed by atoms with van der Waals surface area (Å²) in [5, 5.41) is 7.25. The van der Waals surface area contributed by atoms with E-state index in [4.69, 9.17) is 0 Å². The summed E-state index contributed by atoms with van der Waals surface area (Å²) in [4.78, 5) is 32.0. The Bertz CT molecular complexity index is 1080. The number of carbonyl (C=O) groups excluding carboxylic acids is 2. The van der Waals surface area contributed by atoms with Crippen molar-refractivity contribution in [3.05, 3.63) is 83.4 Å². The van der Waals surface area contributed by atoms with Crippen molar-refractivity contribution >= 4 is 11.8 Å². The van der Waals surface area contributed by atoms with E-state index < -0.39 is 6.04 Å². The van der Waals surface area contributed by atoms with Crippen LogP contribution in [0.5, 0.6) is 0 Å². The Hall–Kier alpha value is -3.48. The van der Waals surface area contributed by atoms with Crippen LogP contribution in [0, 0.1) is 5.92 Å². The Morgan fingerprint density at radius 1 is 1.06 bits per heavy atom. The normalized spacial score (nSPS) is 15.5. The van der Waals surface area contributed by atoms with Crippen LogP contribution in [0.15, 0.2) is 61.2 Å². The molecule has 7 heteroatoms. The van der Waals surface area contributed by atoms with Crippen LogP contribution in [0.3, 0.4) is 0 Å². The van der Waals surface area contributed by atoms with E-state index in [1.807, 2.05) is 62.4 Å². The van der Waals surface area contributed by atoms with Crippen LogP contribution in [0.1, 0.15) is 42.5 Å². The fraction of sp³-hybridized carbons (Fsp3) is 0.360. The van der Waals surface area contributed by atoms with E-state index in [2.05, 4.69) is 15.4 Å². The van der Waals surface area contributed by atoms with Crippen molar-refractivity contribution in [1.29, 1.82) is 0 Å². The van der Waals surface area contributed by atoms with Gasteiger partial charge in [0.1, 0.15) is 18.7 Å². The van der Waals surface area contributed by atoms with Gasteiger partial charge in [-0.1, -0.05) is 62.4 Å². The summed E-state index contributed by atoms with van der Waals surface area (Å²) in [5.74, 6) is 0.153. The number of carbonyl (C=O) groups is 2. The lowest BCUT2D eigenvalue weighted by Gasteiger charge is -2.36. The average molecular weight is 432 g/mol. The summed E-state index contributed by atoms with van der Waals surface area (Å²) in [6, 6.07) is 15.5. The third-order valence-corrected chi connectivity index (χ3v) is 5.82. The molecular formula is C25H29N5O2. The van der Waals surface area contributed by atoms with Gasteiger partial charge in [-0.25, -0.2) is 9.67 Å². The van der Waals surface area contributed by atoms with Crippen LogP contribution in [0.2, 0.25) is 0 Å². The van der Waals surface area contributed by atoms with Gasteiger partial charge in [-0.05, 0) is 28.2 Å². The van der Waals surface area contributed by atoms with E-state index in [1.54, 1.807) is 15.9 Å². The second-order valence-electron chi connectivity index (χ2n) is 8.69. The molecule has 0 spiro atoms. The molecule has 1 unspecified atom stereocenters. The molecule has 1 atom stereocenters. The molecule has 0 radical (unpaired) electrons.